The van der Waals surface area contributed by atoms with Crippen LogP contribution in [0.25, 0.3) is 0 Å². The molecule has 0 aliphatic heterocycles. The number of hydrogen-bond acceptors (Lipinski definition) is 2. The Hall–Kier alpha value is -2.29. The van der Waals surface area contributed by atoms with Crippen LogP contribution in [-0.4, -0.2) is 19.0 Å². The Labute approximate surface area is 145 Å². The molecule has 1 amide bonds. The number of anilines is 2. The highest BCUT2D eigenvalue weighted by atomic mass is 16.1. The van der Waals surface area contributed by atoms with Crippen LogP contribution in [-0.2, 0) is 0 Å². The van der Waals surface area contributed by atoms with Gasteiger partial charge >= 0.3 is 0 Å². The van der Waals surface area contributed by atoms with Crippen molar-refractivity contribution >= 4 is 17.3 Å². The molecule has 1 atom stereocenters. The van der Waals surface area contributed by atoms with Crippen molar-refractivity contribution < 1.29 is 4.79 Å². The third-order valence-electron chi connectivity index (χ3n) is 4.61. The van der Waals surface area contributed by atoms with E-state index in [2.05, 4.69) is 50.0 Å². The molecule has 0 aliphatic rings. The van der Waals surface area contributed by atoms with Gasteiger partial charge in [-0.1, -0.05) is 26.0 Å². The van der Waals surface area contributed by atoms with Crippen molar-refractivity contribution in [2.75, 3.05) is 23.3 Å². The van der Waals surface area contributed by atoms with E-state index in [-0.39, 0.29) is 5.91 Å². The molecule has 2 rings (SSSR count). The van der Waals surface area contributed by atoms with Crippen molar-refractivity contribution in [2.45, 2.75) is 40.0 Å². The lowest BCUT2D eigenvalue weighted by Crippen LogP contribution is -2.21. The summed E-state index contributed by atoms with van der Waals surface area (Å²) in [6.45, 7) is 10.6. The summed E-state index contributed by atoms with van der Waals surface area (Å²) in [6, 6.07) is 15.9. The quantitative estimate of drug-likeness (QED) is 0.749. The van der Waals surface area contributed by atoms with Crippen LogP contribution in [0.5, 0.6) is 0 Å². The summed E-state index contributed by atoms with van der Waals surface area (Å²) < 4.78 is 0. The normalized spacial score (nSPS) is 11.8. The number of benzene rings is 2. The fourth-order valence-corrected chi connectivity index (χ4v) is 2.75. The lowest BCUT2D eigenvalue weighted by molar-refractivity contribution is 0.102. The van der Waals surface area contributed by atoms with Crippen LogP contribution >= 0.6 is 0 Å². The Morgan fingerprint density at radius 1 is 0.958 bits per heavy atom. The summed E-state index contributed by atoms with van der Waals surface area (Å²) >= 11 is 0. The van der Waals surface area contributed by atoms with E-state index in [1.54, 1.807) is 0 Å². The van der Waals surface area contributed by atoms with E-state index in [4.69, 9.17) is 0 Å². The molecule has 0 aliphatic carbocycles. The smallest absolute Gasteiger partial charge is 0.255 e. The molecule has 0 radical (unpaired) electrons. The van der Waals surface area contributed by atoms with Gasteiger partial charge in [0.05, 0.1) is 0 Å². The molecule has 3 nitrogen and oxygen atoms in total. The number of rotatable bonds is 7. The Bertz CT molecular complexity index is 643. The number of amides is 1. The fourth-order valence-electron chi connectivity index (χ4n) is 2.75. The standard InChI is InChI=1S/C21H28N2O/c1-5-16(4)17-8-12-19(13-9-17)22-21(24)18-10-14-20(15-11-18)23(6-2)7-3/h8-16H,5-7H2,1-4H3,(H,22,24)/t16-/m1/s1. The van der Waals surface area contributed by atoms with Crippen LogP contribution in [0.4, 0.5) is 11.4 Å². The van der Waals surface area contributed by atoms with Crippen molar-refractivity contribution in [1.82, 2.24) is 0 Å². The van der Waals surface area contributed by atoms with Crippen molar-refractivity contribution in [3.8, 4) is 0 Å². The maximum absolute atomic E-state index is 12.4. The molecule has 0 bridgehead atoms. The van der Waals surface area contributed by atoms with Gasteiger partial charge in [-0.25, -0.2) is 0 Å². The van der Waals surface area contributed by atoms with Gasteiger partial charge in [0.15, 0.2) is 0 Å². The van der Waals surface area contributed by atoms with Crippen LogP contribution in [0.2, 0.25) is 0 Å². The summed E-state index contributed by atoms with van der Waals surface area (Å²) in [4.78, 5) is 14.6. The van der Waals surface area contributed by atoms with Crippen molar-refractivity contribution in [3.05, 3.63) is 59.7 Å². The molecule has 0 saturated heterocycles. The summed E-state index contributed by atoms with van der Waals surface area (Å²) in [7, 11) is 0. The van der Waals surface area contributed by atoms with E-state index in [1.165, 1.54) is 5.56 Å². The molecule has 0 heterocycles. The molecule has 128 valence electrons. The first kappa shape index (κ1) is 18.1. The number of hydrogen-bond donors (Lipinski definition) is 1. The molecule has 3 heteroatoms. The van der Waals surface area contributed by atoms with E-state index in [9.17, 15) is 4.79 Å². The van der Waals surface area contributed by atoms with Gasteiger partial charge in [0.1, 0.15) is 0 Å². The zero-order chi connectivity index (χ0) is 17.5. The highest BCUT2D eigenvalue weighted by molar-refractivity contribution is 6.04. The zero-order valence-corrected chi connectivity index (χ0v) is 15.2. The molecule has 0 spiro atoms. The molecule has 0 fully saturated rings. The SMILES string of the molecule is CC[C@@H](C)c1ccc(NC(=O)c2ccc(N(CC)CC)cc2)cc1. The summed E-state index contributed by atoms with van der Waals surface area (Å²) in [5, 5.41) is 2.97. The predicted molar refractivity (Wildman–Crippen MR) is 103 cm³/mol. The second-order valence-electron chi connectivity index (χ2n) is 6.10. The van der Waals surface area contributed by atoms with E-state index in [0.29, 0.717) is 11.5 Å². The van der Waals surface area contributed by atoms with E-state index in [0.717, 1.165) is 30.9 Å². The second kappa shape index (κ2) is 8.53. The largest absolute Gasteiger partial charge is 0.372 e. The van der Waals surface area contributed by atoms with Crippen LogP contribution < -0.4 is 10.2 Å². The summed E-state index contributed by atoms with van der Waals surface area (Å²) in [6.07, 6.45) is 1.12. The minimum atomic E-state index is -0.0719. The van der Waals surface area contributed by atoms with Gasteiger partial charge in [0.2, 0.25) is 0 Å². The lowest BCUT2D eigenvalue weighted by Gasteiger charge is -2.21. The number of carbonyl (C=O) groups is 1. The number of nitrogens with zero attached hydrogens (tertiary/aromatic N) is 1. The maximum Gasteiger partial charge on any atom is 0.255 e. The van der Waals surface area contributed by atoms with Crippen molar-refractivity contribution in [2.24, 2.45) is 0 Å². The lowest BCUT2D eigenvalue weighted by atomic mass is 9.98. The van der Waals surface area contributed by atoms with Crippen LogP contribution in [0.3, 0.4) is 0 Å². The first-order chi connectivity index (χ1) is 11.6. The predicted octanol–water partition coefficient (Wildman–Crippen LogP) is 5.30. The molecule has 0 aromatic heterocycles. The molecule has 2 aromatic rings. The van der Waals surface area contributed by atoms with Crippen molar-refractivity contribution in [3.63, 3.8) is 0 Å². The second-order valence-corrected chi connectivity index (χ2v) is 6.10. The molecule has 0 unspecified atom stereocenters. The first-order valence-corrected chi connectivity index (χ1v) is 8.85. The third-order valence-corrected chi connectivity index (χ3v) is 4.61. The van der Waals surface area contributed by atoms with Gasteiger partial charge < -0.3 is 10.2 Å². The van der Waals surface area contributed by atoms with Crippen LogP contribution in [0.1, 0.15) is 56.0 Å². The van der Waals surface area contributed by atoms with E-state index >= 15 is 0 Å². The van der Waals surface area contributed by atoms with Crippen LogP contribution in [0.15, 0.2) is 48.5 Å². The highest BCUT2D eigenvalue weighted by Crippen LogP contribution is 2.21. The number of nitrogens with one attached hydrogen (secondary N) is 1. The van der Waals surface area contributed by atoms with Crippen molar-refractivity contribution in [1.29, 1.82) is 0 Å². The Morgan fingerprint density at radius 2 is 1.54 bits per heavy atom. The third kappa shape index (κ3) is 4.38. The maximum atomic E-state index is 12.4. The monoisotopic (exact) mass is 324 g/mol. The average Bonchev–Trinajstić information content (AvgIpc) is 2.63. The van der Waals surface area contributed by atoms with Gasteiger partial charge in [0, 0.05) is 30.0 Å². The highest BCUT2D eigenvalue weighted by Gasteiger charge is 2.08. The van der Waals surface area contributed by atoms with Gasteiger partial charge in [0.25, 0.3) is 5.91 Å². The zero-order valence-electron chi connectivity index (χ0n) is 15.2. The van der Waals surface area contributed by atoms with E-state index < -0.39 is 0 Å². The van der Waals surface area contributed by atoms with E-state index in [1.807, 2.05) is 36.4 Å². The minimum Gasteiger partial charge on any atom is -0.372 e. The van der Waals surface area contributed by atoms with Gasteiger partial charge in [-0.15, -0.1) is 0 Å². The Kier molecular flexibility index (Phi) is 6.42. The van der Waals surface area contributed by atoms with Crippen LogP contribution in [0, 0.1) is 0 Å². The molecule has 1 N–H and O–H groups in total. The molecular formula is C21H28N2O. The van der Waals surface area contributed by atoms with Gasteiger partial charge in [-0.2, -0.15) is 0 Å². The van der Waals surface area contributed by atoms with Gasteiger partial charge in [-0.05, 0) is 68.1 Å². The average molecular weight is 324 g/mol. The summed E-state index contributed by atoms with van der Waals surface area (Å²) in [5.41, 5.74) is 3.96. The minimum absolute atomic E-state index is 0.0719. The molecule has 24 heavy (non-hydrogen) atoms. The first-order valence-electron chi connectivity index (χ1n) is 8.85. The molecule has 0 saturated carbocycles. The molecular weight excluding hydrogens is 296 g/mol. The Balaban J connectivity index is 2.04. The summed E-state index contributed by atoms with van der Waals surface area (Å²) in [5.74, 6) is 0.472. The topological polar surface area (TPSA) is 32.3 Å². The fraction of sp³-hybridized carbons (Fsp3) is 0.381. The number of carbonyl (C=O) groups excluding carboxylic acids is 1. The van der Waals surface area contributed by atoms with Gasteiger partial charge in [-0.3, -0.25) is 4.79 Å². The molecule has 2 aromatic carbocycles. The Morgan fingerprint density at radius 3 is 2.04 bits per heavy atom.